The number of hydrogen-bond acceptors (Lipinski definition) is 3. The molecule has 0 bridgehead atoms. The van der Waals surface area contributed by atoms with Crippen LogP contribution in [0.25, 0.3) is 0 Å². The van der Waals surface area contributed by atoms with Crippen LogP contribution in [0.2, 0.25) is 0 Å². The van der Waals surface area contributed by atoms with Crippen molar-refractivity contribution in [2.24, 2.45) is 5.92 Å². The lowest BCUT2D eigenvalue weighted by molar-refractivity contribution is -0.138. The smallest absolute Gasteiger partial charge is 0.322 e. The molecule has 1 aliphatic heterocycles. The van der Waals surface area contributed by atoms with Gasteiger partial charge in [-0.15, -0.1) is 12.4 Å². The van der Waals surface area contributed by atoms with Crippen molar-refractivity contribution in [1.29, 1.82) is 0 Å². The Hall–Kier alpha value is -0.810. The Kier molecular flexibility index (Phi) is 8.75. The van der Waals surface area contributed by atoms with Gasteiger partial charge in [-0.3, -0.25) is 14.5 Å². The van der Waals surface area contributed by atoms with Gasteiger partial charge >= 0.3 is 5.97 Å². The van der Waals surface area contributed by atoms with Gasteiger partial charge in [0, 0.05) is 0 Å². The number of carboxylic acids is 1. The van der Waals surface area contributed by atoms with Crippen LogP contribution in [-0.4, -0.2) is 48.1 Å². The van der Waals surface area contributed by atoms with Crippen molar-refractivity contribution in [3.05, 3.63) is 0 Å². The zero-order valence-corrected chi connectivity index (χ0v) is 11.7. The maximum atomic E-state index is 11.5. The third kappa shape index (κ3) is 6.81. The molecule has 0 radical (unpaired) electrons. The minimum atomic E-state index is -1.000. The van der Waals surface area contributed by atoms with Crippen molar-refractivity contribution in [3.63, 3.8) is 0 Å². The predicted molar refractivity (Wildman–Crippen MR) is 72.0 cm³/mol. The van der Waals surface area contributed by atoms with Crippen LogP contribution in [-0.2, 0) is 9.59 Å². The number of likely N-dealkylation sites (tertiary alicyclic amines) is 1. The highest BCUT2D eigenvalue weighted by atomic mass is 35.5. The molecule has 1 heterocycles. The zero-order valence-electron chi connectivity index (χ0n) is 10.9. The summed E-state index contributed by atoms with van der Waals surface area (Å²) < 4.78 is 0. The standard InChI is InChI=1S/C12H22N2O3.ClH/c1-2-10-4-3-6-14(7-5-10)9-11(15)13-8-12(16)17;/h10H,2-9H2,1H3,(H,13,15)(H,16,17);1H. The molecule has 0 aliphatic carbocycles. The minimum Gasteiger partial charge on any atom is -0.480 e. The number of halogens is 1. The quantitative estimate of drug-likeness (QED) is 0.791. The first kappa shape index (κ1) is 17.2. The molecule has 0 aromatic carbocycles. The Morgan fingerprint density at radius 3 is 2.67 bits per heavy atom. The normalized spacial score (nSPS) is 20.6. The zero-order chi connectivity index (χ0) is 12.7. The van der Waals surface area contributed by atoms with Crippen LogP contribution in [0.1, 0.15) is 32.6 Å². The molecule has 0 aromatic rings. The first-order valence-corrected chi connectivity index (χ1v) is 6.32. The highest BCUT2D eigenvalue weighted by Gasteiger charge is 2.17. The number of amides is 1. The summed E-state index contributed by atoms with van der Waals surface area (Å²) in [4.78, 5) is 23.9. The summed E-state index contributed by atoms with van der Waals surface area (Å²) in [7, 11) is 0. The number of nitrogens with one attached hydrogen (secondary N) is 1. The van der Waals surface area contributed by atoms with Crippen molar-refractivity contribution in [2.45, 2.75) is 32.6 Å². The number of carbonyl (C=O) groups is 2. The van der Waals surface area contributed by atoms with E-state index >= 15 is 0 Å². The lowest BCUT2D eigenvalue weighted by Crippen LogP contribution is -2.39. The van der Waals surface area contributed by atoms with Crippen LogP contribution in [0.5, 0.6) is 0 Å². The van der Waals surface area contributed by atoms with E-state index in [0.29, 0.717) is 6.54 Å². The van der Waals surface area contributed by atoms with Crippen molar-refractivity contribution in [3.8, 4) is 0 Å². The van der Waals surface area contributed by atoms with E-state index in [2.05, 4.69) is 17.1 Å². The molecule has 0 spiro atoms. The average molecular weight is 279 g/mol. The van der Waals surface area contributed by atoms with Crippen LogP contribution < -0.4 is 5.32 Å². The van der Waals surface area contributed by atoms with E-state index in [-0.39, 0.29) is 24.9 Å². The van der Waals surface area contributed by atoms with Gasteiger partial charge in [0.05, 0.1) is 6.54 Å². The number of hydrogen-bond donors (Lipinski definition) is 2. The molecule has 1 unspecified atom stereocenters. The largest absolute Gasteiger partial charge is 0.480 e. The Labute approximate surface area is 114 Å². The fourth-order valence-corrected chi connectivity index (χ4v) is 2.22. The van der Waals surface area contributed by atoms with Crippen molar-refractivity contribution in [1.82, 2.24) is 10.2 Å². The van der Waals surface area contributed by atoms with E-state index in [9.17, 15) is 9.59 Å². The number of carboxylic acid groups (broad SMARTS) is 1. The van der Waals surface area contributed by atoms with E-state index in [4.69, 9.17) is 5.11 Å². The number of rotatable bonds is 5. The second-order valence-electron chi connectivity index (χ2n) is 4.65. The molecule has 1 aliphatic rings. The molecule has 1 amide bonds. The lowest BCUT2D eigenvalue weighted by atomic mass is 9.98. The molecule has 1 rings (SSSR count). The van der Waals surface area contributed by atoms with Crippen molar-refractivity contribution < 1.29 is 14.7 Å². The van der Waals surface area contributed by atoms with E-state index < -0.39 is 5.97 Å². The summed E-state index contributed by atoms with van der Waals surface area (Å²) in [5.41, 5.74) is 0. The van der Waals surface area contributed by atoms with Gasteiger partial charge in [-0.25, -0.2) is 0 Å². The molecular formula is C12H23ClN2O3. The monoisotopic (exact) mass is 278 g/mol. The Balaban J connectivity index is 0.00000289. The lowest BCUT2D eigenvalue weighted by Gasteiger charge is -2.19. The van der Waals surface area contributed by atoms with Gasteiger partial charge in [-0.2, -0.15) is 0 Å². The molecule has 1 fully saturated rings. The summed E-state index contributed by atoms with van der Waals surface area (Å²) in [6.45, 7) is 4.13. The van der Waals surface area contributed by atoms with E-state index in [1.807, 2.05) is 0 Å². The summed E-state index contributed by atoms with van der Waals surface area (Å²) in [5.74, 6) is -0.412. The topological polar surface area (TPSA) is 69.6 Å². The minimum absolute atomic E-state index is 0. The van der Waals surface area contributed by atoms with Crippen LogP contribution in [0.3, 0.4) is 0 Å². The molecule has 18 heavy (non-hydrogen) atoms. The maximum Gasteiger partial charge on any atom is 0.322 e. The van der Waals surface area contributed by atoms with E-state index in [0.717, 1.165) is 31.8 Å². The van der Waals surface area contributed by atoms with Crippen LogP contribution in [0, 0.1) is 5.92 Å². The molecule has 5 nitrogen and oxygen atoms in total. The summed E-state index contributed by atoms with van der Waals surface area (Å²) in [6.07, 6.45) is 4.72. The van der Waals surface area contributed by atoms with E-state index in [1.54, 1.807) is 0 Å². The molecule has 0 aromatic heterocycles. The third-order valence-corrected chi connectivity index (χ3v) is 3.32. The number of carbonyl (C=O) groups excluding carboxylic acids is 1. The average Bonchev–Trinajstić information content (AvgIpc) is 2.51. The number of aliphatic carboxylic acids is 1. The molecule has 1 saturated heterocycles. The Morgan fingerprint density at radius 1 is 1.33 bits per heavy atom. The van der Waals surface area contributed by atoms with Gasteiger partial charge in [0.2, 0.25) is 5.91 Å². The molecule has 0 saturated carbocycles. The molecule has 1 atom stereocenters. The van der Waals surface area contributed by atoms with E-state index in [1.165, 1.54) is 12.8 Å². The van der Waals surface area contributed by atoms with Gasteiger partial charge in [-0.05, 0) is 38.3 Å². The van der Waals surface area contributed by atoms with Gasteiger partial charge in [0.1, 0.15) is 6.54 Å². The Morgan fingerprint density at radius 2 is 2.06 bits per heavy atom. The highest BCUT2D eigenvalue weighted by Crippen LogP contribution is 2.19. The van der Waals surface area contributed by atoms with Crippen molar-refractivity contribution >= 4 is 24.3 Å². The molecule has 2 N–H and O–H groups in total. The third-order valence-electron chi connectivity index (χ3n) is 3.32. The van der Waals surface area contributed by atoms with Crippen molar-refractivity contribution in [2.75, 3.05) is 26.2 Å². The van der Waals surface area contributed by atoms with Gasteiger partial charge in [-0.1, -0.05) is 13.3 Å². The molecular weight excluding hydrogens is 256 g/mol. The molecule has 6 heteroatoms. The first-order valence-electron chi connectivity index (χ1n) is 6.32. The summed E-state index contributed by atoms with van der Waals surface area (Å²) >= 11 is 0. The summed E-state index contributed by atoms with van der Waals surface area (Å²) in [6, 6.07) is 0. The highest BCUT2D eigenvalue weighted by molar-refractivity contribution is 5.85. The van der Waals surface area contributed by atoms with Gasteiger partial charge in [0.15, 0.2) is 0 Å². The van der Waals surface area contributed by atoms with Crippen LogP contribution in [0.15, 0.2) is 0 Å². The van der Waals surface area contributed by atoms with Gasteiger partial charge < -0.3 is 10.4 Å². The SMILES string of the molecule is CCC1CCCN(CC(=O)NCC(=O)O)CC1.Cl. The fourth-order valence-electron chi connectivity index (χ4n) is 2.22. The van der Waals surface area contributed by atoms with Crippen LogP contribution in [0.4, 0.5) is 0 Å². The first-order chi connectivity index (χ1) is 8.11. The maximum absolute atomic E-state index is 11.5. The second-order valence-corrected chi connectivity index (χ2v) is 4.65. The summed E-state index contributed by atoms with van der Waals surface area (Å²) in [5, 5.41) is 10.8. The predicted octanol–water partition coefficient (Wildman–Crippen LogP) is 1.12. The second kappa shape index (κ2) is 9.16. The number of nitrogens with zero attached hydrogens (tertiary/aromatic N) is 1. The van der Waals surface area contributed by atoms with Crippen LogP contribution >= 0.6 is 12.4 Å². The Bertz CT molecular complexity index is 274. The van der Waals surface area contributed by atoms with Gasteiger partial charge in [0.25, 0.3) is 0 Å². The fraction of sp³-hybridized carbons (Fsp3) is 0.833. The molecule has 106 valence electrons.